The minimum Gasteiger partial charge on any atom is -0.398 e. The van der Waals surface area contributed by atoms with Gasteiger partial charge >= 0.3 is 0 Å². The summed E-state index contributed by atoms with van der Waals surface area (Å²) in [6, 6.07) is 4.87. The van der Waals surface area contributed by atoms with E-state index in [1.807, 2.05) is 6.92 Å². The fourth-order valence-electron chi connectivity index (χ4n) is 2.59. The molecule has 0 radical (unpaired) electrons. The van der Waals surface area contributed by atoms with Crippen LogP contribution in [0.1, 0.15) is 24.8 Å². The molecule has 0 bridgehead atoms. The number of hydrogen-bond acceptors (Lipinski definition) is 4. The molecule has 1 atom stereocenters. The smallest absolute Gasteiger partial charge is 0.243 e. The second-order valence-electron chi connectivity index (χ2n) is 5.40. The van der Waals surface area contributed by atoms with Gasteiger partial charge in [-0.2, -0.15) is 4.31 Å². The highest BCUT2D eigenvalue weighted by Crippen LogP contribution is 2.26. The number of anilines is 1. The Morgan fingerprint density at radius 2 is 2.20 bits per heavy atom. The van der Waals surface area contributed by atoms with Crippen LogP contribution in [-0.2, 0) is 10.0 Å². The number of hydrogen-bond donors (Lipinski definition) is 2. The van der Waals surface area contributed by atoms with E-state index in [2.05, 4.69) is 0 Å². The van der Waals surface area contributed by atoms with E-state index in [0.29, 0.717) is 25.2 Å². The van der Waals surface area contributed by atoms with E-state index in [1.165, 1.54) is 10.4 Å². The molecule has 6 heteroatoms. The van der Waals surface area contributed by atoms with Crippen molar-refractivity contribution in [1.29, 1.82) is 0 Å². The lowest BCUT2D eigenvalue weighted by Crippen LogP contribution is -2.40. The zero-order chi connectivity index (χ0) is 14.8. The van der Waals surface area contributed by atoms with E-state index >= 15 is 0 Å². The highest BCUT2D eigenvalue weighted by Gasteiger charge is 2.30. The molecule has 1 unspecified atom stereocenters. The predicted molar refractivity (Wildman–Crippen MR) is 78.8 cm³/mol. The van der Waals surface area contributed by atoms with Crippen LogP contribution in [-0.4, -0.2) is 37.5 Å². The number of aryl methyl sites for hydroxylation is 1. The quantitative estimate of drug-likeness (QED) is 0.822. The number of aliphatic hydroxyl groups is 1. The lowest BCUT2D eigenvalue weighted by atomic mass is 9.97. The van der Waals surface area contributed by atoms with Crippen LogP contribution < -0.4 is 5.73 Å². The summed E-state index contributed by atoms with van der Waals surface area (Å²) in [6.45, 7) is 2.98. The van der Waals surface area contributed by atoms with E-state index in [0.717, 1.165) is 18.4 Å². The number of piperidine rings is 1. The van der Waals surface area contributed by atoms with Gasteiger partial charge in [-0.1, -0.05) is 6.07 Å². The van der Waals surface area contributed by atoms with Gasteiger partial charge in [-0.3, -0.25) is 0 Å². The molecule has 0 amide bonds. The highest BCUT2D eigenvalue weighted by atomic mass is 32.2. The standard InChI is InChI=1S/C14H22N2O3S/c1-11-4-5-13(9-14(11)15)20(18,19)16-7-2-3-12(10-16)6-8-17/h4-5,9,12,17H,2-3,6-8,10,15H2,1H3. The summed E-state index contributed by atoms with van der Waals surface area (Å²) in [5, 5.41) is 9.01. The molecule has 1 aliphatic heterocycles. The van der Waals surface area contributed by atoms with Crippen molar-refractivity contribution in [1.82, 2.24) is 4.31 Å². The van der Waals surface area contributed by atoms with Crippen LogP contribution in [0.4, 0.5) is 5.69 Å². The van der Waals surface area contributed by atoms with Gasteiger partial charge in [-0.15, -0.1) is 0 Å². The molecule has 1 saturated heterocycles. The number of benzene rings is 1. The van der Waals surface area contributed by atoms with Crippen LogP contribution in [0.5, 0.6) is 0 Å². The molecule has 2 rings (SSSR count). The summed E-state index contributed by atoms with van der Waals surface area (Å²) in [5.41, 5.74) is 7.18. The van der Waals surface area contributed by atoms with Gasteiger partial charge in [0.15, 0.2) is 0 Å². The molecule has 3 N–H and O–H groups in total. The number of rotatable bonds is 4. The molecule has 1 fully saturated rings. The summed E-state index contributed by atoms with van der Waals surface area (Å²) in [5.74, 6) is 0.242. The van der Waals surface area contributed by atoms with E-state index in [4.69, 9.17) is 10.8 Å². The van der Waals surface area contributed by atoms with Crippen LogP contribution >= 0.6 is 0 Å². The Morgan fingerprint density at radius 1 is 1.45 bits per heavy atom. The minimum absolute atomic E-state index is 0.107. The Morgan fingerprint density at radius 3 is 2.85 bits per heavy atom. The molecule has 0 aromatic heterocycles. The van der Waals surface area contributed by atoms with Crippen molar-refractivity contribution in [3.8, 4) is 0 Å². The van der Waals surface area contributed by atoms with Gasteiger partial charge in [-0.25, -0.2) is 8.42 Å². The monoisotopic (exact) mass is 298 g/mol. The van der Waals surface area contributed by atoms with Gasteiger partial charge in [0, 0.05) is 25.4 Å². The maximum absolute atomic E-state index is 12.6. The first-order chi connectivity index (χ1) is 9.45. The fourth-order valence-corrected chi connectivity index (χ4v) is 4.18. The molecule has 1 heterocycles. The molecule has 0 saturated carbocycles. The van der Waals surface area contributed by atoms with Crippen LogP contribution in [0.2, 0.25) is 0 Å². The number of nitrogens with two attached hydrogens (primary N) is 1. The van der Waals surface area contributed by atoms with Gasteiger partial charge in [0.25, 0.3) is 0 Å². The van der Waals surface area contributed by atoms with Gasteiger partial charge in [0.2, 0.25) is 10.0 Å². The molecule has 0 aliphatic carbocycles. The molecule has 20 heavy (non-hydrogen) atoms. The maximum atomic E-state index is 12.6. The predicted octanol–water partition coefficient (Wildman–Crippen LogP) is 1.36. The second kappa shape index (κ2) is 6.11. The molecular weight excluding hydrogens is 276 g/mol. The molecule has 1 aromatic carbocycles. The first kappa shape index (κ1) is 15.3. The summed E-state index contributed by atoms with van der Waals surface area (Å²) >= 11 is 0. The van der Waals surface area contributed by atoms with Crippen molar-refractivity contribution in [2.24, 2.45) is 5.92 Å². The van der Waals surface area contributed by atoms with Crippen LogP contribution in [0.15, 0.2) is 23.1 Å². The van der Waals surface area contributed by atoms with E-state index in [1.54, 1.807) is 12.1 Å². The molecule has 112 valence electrons. The number of sulfonamides is 1. The van der Waals surface area contributed by atoms with Gasteiger partial charge in [0.1, 0.15) is 0 Å². The number of aliphatic hydroxyl groups excluding tert-OH is 1. The Hall–Kier alpha value is -1.11. The summed E-state index contributed by atoms with van der Waals surface area (Å²) < 4.78 is 26.7. The lowest BCUT2D eigenvalue weighted by molar-refractivity contribution is 0.203. The van der Waals surface area contributed by atoms with Crippen LogP contribution in [0, 0.1) is 12.8 Å². The Labute approximate surface area is 120 Å². The number of nitrogen functional groups attached to an aromatic ring is 1. The maximum Gasteiger partial charge on any atom is 0.243 e. The molecular formula is C14H22N2O3S. The van der Waals surface area contributed by atoms with Crippen molar-refractivity contribution in [2.75, 3.05) is 25.4 Å². The lowest BCUT2D eigenvalue weighted by Gasteiger charge is -2.31. The first-order valence-corrected chi connectivity index (χ1v) is 8.36. The first-order valence-electron chi connectivity index (χ1n) is 6.92. The Bertz CT molecular complexity index is 570. The molecule has 1 aliphatic rings. The minimum atomic E-state index is -3.48. The van der Waals surface area contributed by atoms with Gasteiger partial charge in [-0.05, 0) is 49.8 Å². The third kappa shape index (κ3) is 3.13. The van der Waals surface area contributed by atoms with Crippen molar-refractivity contribution >= 4 is 15.7 Å². The zero-order valence-corrected chi connectivity index (χ0v) is 12.6. The van der Waals surface area contributed by atoms with Crippen molar-refractivity contribution < 1.29 is 13.5 Å². The number of nitrogens with zero attached hydrogens (tertiary/aromatic N) is 1. The van der Waals surface area contributed by atoms with E-state index < -0.39 is 10.0 Å². The van der Waals surface area contributed by atoms with Crippen molar-refractivity contribution in [3.05, 3.63) is 23.8 Å². The average molecular weight is 298 g/mol. The van der Waals surface area contributed by atoms with Crippen molar-refractivity contribution in [3.63, 3.8) is 0 Å². The van der Waals surface area contributed by atoms with Crippen LogP contribution in [0.3, 0.4) is 0 Å². The van der Waals surface area contributed by atoms with Crippen molar-refractivity contribution in [2.45, 2.75) is 31.1 Å². The SMILES string of the molecule is Cc1ccc(S(=O)(=O)N2CCCC(CCO)C2)cc1N. The summed E-state index contributed by atoms with van der Waals surface area (Å²) in [7, 11) is -3.48. The zero-order valence-electron chi connectivity index (χ0n) is 11.7. The second-order valence-corrected chi connectivity index (χ2v) is 7.34. The fraction of sp³-hybridized carbons (Fsp3) is 0.571. The Kier molecular flexibility index (Phi) is 4.67. The molecule has 0 spiro atoms. The largest absolute Gasteiger partial charge is 0.398 e. The van der Waals surface area contributed by atoms with Gasteiger partial charge in [0.05, 0.1) is 4.90 Å². The van der Waals surface area contributed by atoms with Gasteiger partial charge < -0.3 is 10.8 Å². The van der Waals surface area contributed by atoms with E-state index in [9.17, 15) is 8.42 Å². The third-order valence-corrected chi connectivity index (χ3v) is 5.77. The Balaban J connectivity index is 2.23. The van der Waals surface area contributed by atoms with E-state index in [-0.39, 0.29) is 17.4 Å². The molecule has 1 aromatic rings. The average Bonchev–Trinajstić information content (AvgIpc) is 2.42. The molecule has 5 nitrogen and oxygen atoms in total. The van der Waals surface area contributed by atoms with Crippen LogP contribution in [0.25, 0.3) is 0 Å². The third-order valence-electron chi connectivity index (χ3n) is 3.91. The summed E-state index contributed by atoms with van der Waals surface area (Å²) in [6.07, 6.45) is 2.47. The normalized spacial score (nSPS) is 21.0. The summed E-state index contributed by atoms with van der Waals surface area (Å²) in [4.78, 5) is 0.255. The highest BCUT2D eigenvalue weighted by molar-refractivity contribution is 7.89. The topological polar surface area (TPSA) is 83.6 Å².